The van der Waals surface area contributed by atoms with Gasteiger partial charge in [-0.1, -0.05) is 36.1 Å². The average molecular weight is 628 g/mol. The van der Waals surface area contributed by atoms with Crippen LogP contribution in [-0.4, -0.2) is 36.8 Å². The van der Waals surface area contributed by atoms with Crippen molar-refractivity contribution < 1.29 is 28.5 Å². The summed E-state index contributed by atoms with van der Waals surface area (Å²) in [6, 6.07) is 9.81. The van der Waals surface area contributed by atoms with E-state index in [1.165, 1.54) is 29.9 Å². The summed E-state index contributed by atoms with van der Waals surface area (Å²) in [5.41, 5.74) is 1.76. The van der Waals surface area contributed by atoms with Crippen LogP contribution < -0.4 is 29.1 Å². The van der Waals surface area contributed by atoms with Crippen LogP contribution in [0.2, 0.25) is 0 Å². The van der Waals surface area contributed by atoms with Gasteiger partial charge in [-0.25, -0.2) is 9.79 Å². The molecule has 9 nitrogen and oxygen atoms in total. The number of aromatic nitrogens is 1. The first-order chi connectivity index (χ1) is 19.2. The number of esters is 2. The largest absolute Gasteiger partial charge is 0.493 e. The highest BCUT2D eigenvalue weighted by molar-refractivity contribution is 9.10. The van der Waals surface area contributed by atoms with E-state index in [1.807, 2.05) is 12.1 Å². The molecule has 1 atom stereocenters. The zero-order valence-corrected chi connectivity index (χ0v) is 24.8. The molecule has 0 saturated carbocycles. The minimum Gasteiger partial charge on any atom is -0.493 e. The summed E-state index contributed by atoms with van der Waals surface area (Å²) in [5.74, 6) is 0.161. The lowest BCUT2D eigenvalue weighted by atomic mass is 9.96. The summed E-state index contributed by atoms with van der Waals surface area (Å²) < 4.78 is 24.0. The molecule has 1 aliphatic rings. The monoisotopic (exact) mass is 626 g/mol. The van der Waals surface area contributed by atoms with Crippen LogP contribution >= 0.6 is 27.3 Å². The van der Waals surface area contributed by atoms with Gasteiger partial charge in [-0.15, -0.1) is 0 Å². The Labute approximate surface area is 242 Å². The second kappa shape index (κ2) is 12.5. The van der Waals surface area contributed by atoms with Crippen molar-refractivity contribution in [3.8, 4) is 17.2 Å². The zero-order valence-electron chi connectivity index (χ0n) is 22.4. The molecule has 1 aliphatic heterocycles. The molecule has 0 radical (unpaired) electrons. The highest BCUT2D eigenvalue weighted by Crippen LogP contribution is 2.37. The third-order valence-electron chi connectivity index (χ3n) is 5.88. The molecule has 2 aromatic carbocycles. The Hall–Kier alpha value is -3.96. The van der Waals surface area contributed by atoms with Crippen LogP contribution in [0.1, 0.15) is 37.9 Å². The van der Waals surface area contributed by atoms with Gasteiger partial charge in [0.1, 0.15) is 12.4 Å². The molecule has 0 N–H and O–H groups in total. The number of fused-ring (bicyclic) bond motifs is 1. The Morgan fingerprint density at radius 3 is 2.58 bits per heavy atom. The third kappa shape index (κ3) is 5.95. The molecule has 11 heteroatoms. The van der Waals surface area contributed by atoms with Gasteiger partial charge in [-0.05, 0) is 71.2 Å². The molecular formula is C29H27BrN2O7S. The second-order valence-corrected chi connectivity index (χ2v) is 10.5. The van der Waals surface area contributed by atoms with E-state index in [-0.39, 0.29) is 23.5 Å². The maximum Gasteiger partial charge on any atom is 0.338 e. The van der Waals surface area contributed by atoms with Gasteiger partial charge in [0.05, 0.1) is 40.0 Å². The van der Waals surface area contributed by atoms with Crippen LogP contribution in [0.3, 0.4) is 0 Å². The highest BCUT2D eigenvalue weighted by Gasteiger charge is 2.33. The number of rotatable bonds is 9. The Morgan fingerprint density at radius 1 is 1.23 bits per heavy atom. The van der Waals surface area contributed by atoms with Gasteiger partial charge < -0.3 is 18.9 Å². The molecule has 0 saturated heterocycles. The van der Waals surface area contributed by atoms with E-state index >= 15 is 0 Å². The number of hydrogen-bond acceptors (Lipinski definition) is 9. The maximum absolute atomic E-state index is 13.9. The predicted octanol–water partition coefficient (Wildman–Crippen LogP) is 4.06. The van der Waals surface area contributed by atoms with E-state index in [4.69, 9.17) is 18.9 Å². The zero-order chi connectivity index (χ0) is 29.0. The number of benzene rings is 2. The van der Waals surface area contributed by atoms with Crippen molar-refractivity contribution in [1.82, 2.24) is 4.57 Å². The highest BCUT2D eigenvalue weighted by atomic mass is 79.9. The Balaban J connectivity index is 1.88. The van der Waals surface area contributed by atoms with Gasteiger partial charge in [0.25, 0.3) is 5.56 Å². The van der Waals surface area contributed by atoms with Gasteiger partial charge in [-0.3, -0.25) is 14.2 Å². The fourth-order valence-corrected chi connectivity index (χ4v) is 5.81. The predicted molar refractivity (Wildman–Crippen MR) is 155 cm³/mol. The number of nitrogens with zero attached hydrogens (tertiary/aromatic N) is 2. The van der Waals surface area contributed by atoms with Gasteiger partial charge in [0.15, 0.2) is 16.3 Å². The van der Waals surface area contributed by atoms with E-state index in [0.29, 0.717) is 48.7 Å². The molecule has 0 aliphatic carbocycles. The number of halogens is 1. The van der Waals surface area contributed by atoms with E-state index in [9.17, 15) is 14.4 Å². The molecule has 0 spiro atoms. The van der Waals surface area contributed by atoms with Crippen LogP contribution in [0.5, 0.6) is 17.2 Å². The van der Waals surface area contributed by atoms with Crippen LogP contribution in [0, 0.1) is 0 Å². The molecule has 1 unspecified atom stereocenters. The Bertz CT molecular complexity index is 1690. The van der Waals surface area contributed by atoms with Gasteiger partial charge in [-0.2, -0.15) is 0 Å². The number of carbonyl (C=O) groups excluding carboxylic acids is 2. The summed E-state index contributed by atoms with van der Waals surface area (Å²) in [6.45, 7) is 8.94. The topological polar surface area (TPSA) is 105 Å². The normalized spacial score (nSPS) is 14.7. The fourth-order valence-electron chi connectivity index (χ4n) is 4.23. The van der Waals surface area contributed by atoms with Crippen molar-refractivity contribution in [2.75, 3.05) is 20.3 Å². The molecule has 2 heterocycles. The van der Waals surface area contributed by atoms with Crippen molar-refractivity contribution in [1.29, 1.82) is 0 Å². The fraction of sp³-hybridized carbons (Fsp3) is 0.241. The van der Waals surface area contributed by atoms with E-state index in [2.05, 4.69) is 27.5 Å². The van der Waals surface area contributed by atoms with Crippen LogP contribution in [-0.2, 0) is 14.3 Å². The molecule has 0 amide bonds. The summed E-state index contributed by atoms with van der Waals surface area (Å²) >= 11 is 4.61. The number of ether oxygens (including phenoxy) is 4. The second-order valence-electron chi connectivity index (χ2n) is 8.60. The summed E-state index contributed by atoms with van der Waals surface area (Å²) in [4.78, 5) is 43.5. The SMILES string of the molecule is C=CCOc1ccc(C2C(C(=O)OCC)=C(C)N=c3s/c(=C/c4cc(Br)c(OC(C)=O)c(OC)c4)c(=O)n32)cc1. The molecule has 1 aromatic heterocycles. The van der Waals surface area contributed by atoms with Gasteiger partial charge in [0, 0.05) is 6.92 Å². The first kappa shape index (κ1) is 29.0. The van der Waals surface area contributed by atoms with Crippen molar-refractivity contribution in [2.24, 2.45) is 4.99 Å². The molecule has 3 aromatic rings. The summed E-state index contributed by atoms with van der Waals surface area (Å²) in [6.07, 6.45) is 3.34. The molecule has 40 heavy (non-hydrogen) atoms. The first-order valence-corrected chi connectivity index (χ1v) is 13.9. The van der Waals surface area contributed by atoms with E-state index in [1.54, 1.807) is 50.3 Å². The number of thiazole rings is 1. The lowest BCUT2D eigenvalue weighted by Crippen LogP contribution is -2.39. The van der Waals surface area contributed by atoms with Crippen molar-refractivity contribution in [3.05, 3.63) is 95.6 Å². The number of carbonyl (C=O) groups is 2. The minimum atomic E-state index is -0.751. The smallest absolute Gasteiger partial charge is 0.338 e. The summed E-state index contributed by atoms with van der Waals surface area (Å²) in [5, 5.41) is 0. The Morgan fingerprint density at radius 2 is 1.95 bits per heavy atom. The van der Waals surface area contributed by atoms with Crippen LogP contribution in [0.15, 0.2) is 74.6 Å². The molecule has 4 rings (SSSR count). The first-order valence-electron chi connectivity index (χ1n) is 12.3. The van der Waals surface area contributed by atoms with E-state index in [0.717, 1.165) is 0 Å². The van der Waals surface area contributed by atoms with Crippen molar-refractivity contribution in [3.63, 3.8) is 0 Å². The van der Waals surface area contributed by atoms with Gasteiger partial charge >= 0.3 is 11.9 Å². The quantitative estimate of drug-likeness (QED) is 0.200. The number of hydrogen-bond donors (Lipinski definition) is 0. The van der Waals surface area contributed by atoms with Crippen LogP contribution in [0.25, 0.3) is 6.08 Å². The standard InChI is InChI=1S/C29H27BrN2O7S/c1-6-12-38-20-10-8-19(9-11-20)25-24(28(35)37-7-2)16(3)31-29-32(25)27(34)23(40-29)15-18-13-21(30)26(39-17(4)33)22(14-18)36-5/h6,8-11,13-15,25H,1,7,12H2,2-5H3/b23-15+. The summed E-state index contributed by atoms with van der Waals surface area (Å²) in [7, 11) is 1.46. The minimum absolute atomic E-state index is 0.182. The molecular weight excluding hydrogens is 600 g/mol. The Kier molecular flexibility index (Phi) is 9.06. The van der Waals surface area contributed by atoms with Crippen LogP contribution in [0.4, 0.5) is 0 Å². The van der Waals surface area contributed by atoms with Crippen molar-refractivity contribution in [2.45, 2.75) is 26.8 Å². The average Bonchev–Trinajstić information content (AvgIpc) is 3.22. The molecule has 208 valence electrons. The van der Waals surface area contributed by atoms with Gasteiger partial charge in [0.2, 0.25) is 0 Å². The number of allylic oxidation sites excluding steroid dienone is 1. The van der Waals surface area contributed by atoms with Crippen molar-refractivity contribution >= 4 is 45.3 Å². The van der Waals surface area contributed by atoms with E-state index < -0.39 is 18.0 Å². The number of methoxy groups -OCH3 is 1. The maximum atomic E-state index is 13.9. The molecule has 0 bridgehead atoms. The lowest BCUT2D eigenvalue weighted by Gasteiger charge is -2.24. The molecule has 0 fully saturated rings. The third-order valence-corrected chi connectivity index (χ3v) is 7.45. The lowest BCUT2D eigenvalue weighted by molar-refractivity contribution is -0.139.